The van der Waals surface area contributed by atoms with Gasteiger partial charge < -0.3 is 15.3 Å². The maximum atomic E-state index is 13.6. The molecule has 0 spiro atoms. The number of nitrogens with one attached hydrogen (secondary N) is 1. The fourth-order valence-corrected chi connectivity index (χ4v) is 1.96. The first-order valence-corrected chi connectivity index (χ1v) is 6.06. The summed E-state index contributed by atoms with van der Waals surface area (Å²) in [7, 11) is 1.63. The van der Waals surface area contributed by atoms with Crippen LogP contribution in [-0.2, 0) is 0 Å². The monoisotopic (exact) mass is 266 g/mol. The third kappa shape index (κ3) is 2.67. The third-order valence-electron chi connectivity index (χ3n) is 3.42. The summed E-state index contributed by atoms with van der Waals surface area (Å²) in [5.74, 6) is -2.03. The van der Waals surface area contributed by atoms with E-state index in [4.69, 9.17) is 5.11 Å². The lowest BCUT2D eigenvalue weighted by Gasteiger charge is -2.34. The molecule has 19 heavy (non-hydrogen) atoms. The van der Waals surface area contributed by atoms with E-state index in [1.54, 1.807) is 7.05 Å². The Kier molecular flexibility index (Phi) is 3.69. The molecule has 0 saturated heterocycles. The van der Waals surface area contributed by atoms with E-state index in [1.807, 2.05) is 0 Å². The summed E-state index contributed by atoms with van der Waals surface area (Å²) in [5.41, 5.74) is -0.540. The molecule has 1 fully saturated rings. The summed E-state index contributed by atoms with van der Waals surface area (Å²) >= 11 is 0. The van der Waals surface area contributed by atoms with Gasteiger partial charge in [-0.3, -0.25) is 0 Å². The van der Waals surface area contributed by atoms with Crippen LogP contribution in [0.2, 0.25) is 0 Å². The van der Waals surface area contributed by atoms with E-state index < -0.39 is 17.8 Å². The van der Waals surface area contributed by atoms with E-state index in [1.165, 1.54) is 17.0 Å². The number of halogens is 1. The molecule has 1 aliphatic rings. The van der Waals surface area contributed by atoms with Crippen molar-refractivity contribution in [3.63, 3.8) is 0 Å². The first-order valence-electron chi connectivity index (χ1n) is 6.06. The van der Waals surface area contributed by atoms with E-state index >= 15 is 0 Å². The predicted molar refractivity (Wildman–Crippen MR) is 67.8 cm³/mol. The van der Waals surface area contributed by atoms with Gasteiger partial charge in [0.2, 0.25) is 0 Å². The molecule has 5 nitrogen and oxygen atoms in total. The minimum atomic E-state index is -1.28. The number of hydrogen-bond acceptors (Lipinski definition) is 2. The Hall–Kier alpha value is -2.11. The summed E-state index contributed by atoms with van der Waals surface area (Å²) in [6, 6.07) is 3.33. The molecule has 0 heterocycles. The van der Waals surface area contributed by atoms with Gasteiger partial charge in [0.15, 0.2) is 0 Å². The smallest absolute Gasteiger partial charge is 0.337 e. The number of urea groups is 1. The van der Waals surface area contributed by atoms with Gasteiger partial charge in [-0.05, 0) is 31.4 Å². The van der Waals surface area contributed by atoms with E-state index in [9.17, 15) is 14.0 Å². The highest BCUT2D eigenvalue weighted by atomic mass is 19.1. The summed E-state index contributed by atoms with van der Waals surface area (Å²) in [5, 5.41) is 11.3. The van der Waals surface area contributed by atoms with Gasteiger partial charge in [0.05, 0.1) is 11.3 Å². The van der Waals surface area contributed by atoms with Crippen molar-refractivity contribution in [3.8, 4) is 0 Å². The van der Waals surface area contributed by atoms with Gasteiger partial charge in [-0.15, -0.1) is 0 Å². The van der Waals surface area contributed by atoms with Crippen molar-refractivity contribution in [3.05, 3.63) is 29.6 Å². The lowest BCUT2D eigenvalue weighted by molar-refractivity contribution is 0.0697. The van der Waals surface area contributed by atoms with Crippen LogP contribution >= 0.6 is 0 Å². The van der Waals surface area contributed by atoms with Crippen molar-refractivity contribution in [1.29, 1.82) is 0 Å². The molecule has 0 bridgehead atoms. The number of carbonyl (C=O) groups excluding carboxylic acids is 1. The Morgan fingerprint density at radius 3 is 2.63 bits per heavy atom. The van der Waals surface area contributed by atoms with Gasteiger partial charge >= 0.3 is 12.0 Å². The number of rotatable bonds is 3. The Labute approximate surface area is 110 Å². The van der Waals surface area contributed by atoms with Crippen molar-refractivity contribution < 1.29 is 19.1 Å². The van der Waals surface area contributed by atoms with Gasteiger partial charge in [0.25, 0.3) is 0 Å². The van der Waals surface area contributed by atoms with Gasteiger partial charge in [0.1, 0.15) is 5.82 Å². The highest BCUT2D eigenvalue weighted by Gasteiger charge is 2.27. The van der Waals surface area contributed by atoms with Crippen LogP contribution in [0.1, 0.15) is 29.6 Å². The molecule has 2 amide bonds. The number of nitrogens with zero attached hydrogens (tertiary/aromatic N) is 1. The molecule has 6 heteroatoms. The minimum Gasteiger partial charge on any atom is -0.478 e. The first-order chi connectivity index (χ1) is 9.00. The third-order valence-corrected chi connectivity index (χ3v) is 3.42. The SMILES string of the molecule is CN(C(=O)Nc1c(F)cccc1C(=O)O)C1CCC1. The number of anilines is 1. The Bertz CT molecular complexity index is 515. The zero-order valence-electron chi connectivity index (χ0n) is 10.5. The molecule has 1 aliphatic carbocycles. The Morgan fingerprint density at radius 2 is 2.11 bits per heavy atom. The van der Waals surface area contributed by atoms with Gasteiger partial charge in [0, 0.05) is 13.1 Å². The molecule has 0 unspecified atom stereocenters. The molecule has 2 N–H and O–H groups in total. The van der Waals surface area contributed by atoms with Gasteiger partial charge in [-0.25, -0.2) is 14.0 Å². The highest BCUT2D eigenvalue weighted by Crippen LogP contribution is 2.25. The Morgan fingerprint density at radius 1 is 1.42 bits per heavy atom. The van der Waals surface area contributed by atoms with Gasteiger partial charge in [-0.2, -0.15) is 0 Å². The second kappa shape index (κ2) is 5.26. The number of hydrogen-bond donors (Lipinski definition) is 2. The van der Waals surface area contributed by atoms with Crippen molar-refractivity contribution in [1.82, 2.24) is 4.90 Å². The number of carboxylic acid groups (broad SMARTS) is 1. The Balaban J connectivity index is 2.18. The van der Waals surface area contributed by atoms with E-state index in [0.717, 1.165) is 25.3 Å². The second-order valence-electron chi connectivity index (χ2n) is 4.59. The molecule has 2 rings (SSSR count). The maximum absolute atomic E-state index is 13.6. The summed E-state index contributed by atoms with van der Waals surface area (Å²) in [4.78, 5) is 24.4. The molecule has 0 aliphatic heterocycles. The molecular weight excluding hydrogens is 251 g/mol. The van der Waals surface area contributed by atoms with Crippen LogP contribution in [0.5, 0.6) is 0 Å². The van der Waals surface area contributed by atoms with Crippen LogP contribution in [0, 0.1) is 5.82 Å². The molecule has 102 valence electrons. The quantitative estimate of drug-likeness (QED) is 0.883. The molecular formula is C13H15FN2O3. The summed E-state index contributed by atoms with van der Waals surface area (Å²) in [6.45, 7) is 0. The number of para-hydroxylation sites is 1. The number of carboxylic acids is 1. The molecule has 0 atom stereocenters. The number of carbonyl (C=O) groups is 2. The van der Waals surface area contributed by atoms with Crippen LogP contribution in [0.4, 0.5) is 14.9 Å². The lowest BCUT2D eigenvalue weighted by atomic mass is 9.92. The van der Waals surface area contributed by atoms with E-state index in [2.05, 4.69) is 5.32 Å². The van der Waals surface area contributed by atoms with Crippen LogP contribution < -0.4 is 5.32 Å². The van der Waals surface area contributed by atoms with Crippen molar-refractivity contribution in [2.75, 3.05) is 12.4 Å². The zero-order chi connectivity index (χ0) is 14.0. The van der Waals surface area contributed by atoms with Gasteiger partial charge in [-0.1, -0.05) is 6.07 Å². The molecule has 1 aromatic carbocycles. The normalized spacial score (nSPS) is 14.6. The number of aromatic carboxylic acids is 1. The average Bonchev–Trinajstić information content (AvgIpc) is 2.28. The van der Waals surface area contributed by atoms with Crippen LogP contribution in [0.15, 0.2) is 18.2 Å². The fourth-order valence-electron chi connectivity index (χ4n) is 1.96. The number of benzene rings is 1. The van der Waals surface area contributed by atoms with Crippen molar-refractivity contribution >= 4 is 17.7 Å². The largest absolute Gasteiger partial charge is 0.478 e. The predicted octanol–water partition coefficient (Wildman–Crippen LogP) is 2.54. The standard InChI is InChI=1S/C13H15FN2O3/c1-16(8-4-2-5-8)13(19)15-11-9(12(17)18)6-3-7-10(11)14/h3,6-8H,2,4-5H2,1H3,(H,15,19)(H,17,18). The van der Waals surface area contributed by atoms with E-state index in [0.29, 0.717) is 0 Å². The second-order valence-corrected chi connectivity index (χ2v) is 4.59. The lowest BCUT2D eigenvalue weighted by Crippen LogP contribution is -2.43. The fraction of sp³-hybridized carbons (Fsp3) is 0.385. The van der Waals surface area contributed by atoms with Crippen molar-refractivity contribution in [2.45, 2.75) is 25.3 Å². The molecule has 1 saturated carbocycles. The first kappa shape index (κ1) is 13.3. The number of amides is 2. The summed E-state index contributed by atoms with van der Waals surface area (Å²) in [6.07, 6.45) is 2.92. The van der Waals surface area contributed by atoms with Crippen LogP contribution in [0.3, 0.4) is 0 Å². The highest BCUT2D eigenvalue weighted by molar-refractivity contribution is 6.00. The molecule has 0 aromatic heterocycles. The van der Waals surface area contributed by atoms with Crippen molar-refractivity contribution in [2.24, 2.45) is 0 Å². The summed E-state index contributed by atoms with van der Waals surface area (Å²) < 4.78 is 13.6. The zero-order valence-corrected chi connectivity index (χ0v) is 10.5. The minimum absolute atomic E-state index is 0.153. The molecule has 0 radical (unpaired) electrons. The molecule has 1 aromatic rings. The van der Waals surface area contributed by atoms with Crippen LogP contribution in [0.25, 0.3) is 0 Å². The van der Waals surface area contributed by atoms with Crippen LogP contribution in [-0.4, -0.2) is 35.1 Å². The topological polar surface area (TPSA) is 69.6 Å². The maximum Gasteiger partial charge on any atom is 0.337 e. The van der Waals surface area contributed by atoms with E-state index in [-0.39, 0.29) is 17.3 Å². The average molecular weight is 266 g/mol.